The molecule has 192 valence electrons. The second-order valence-electron chi connectivity index (χ2n) is 9.56. The summed E-state index contributed by atoms with van der Waals surface area (Å²) in [6.45, 7) is 0. The average molecular weight is 505 g/mol. The zero-order valence-corrected chi connectivity index (χ0v) is 19.5. The van der Waals surface area contributed by atoms with Crippen LogP contribution in [0, 0.1) is 5.41 Å². The molecule has 11 heteroatoms. The van der Waals surface area contributed by atoms with Crippen LogP contribution in [0.2, 0.25) is 0 Å². The number of anilines is 1. The highest BCUT2D eigenvalue weighted by atomic mass is 19.4. The van der Waals surface area contributed by atoms with Crippen molar-refractivity contribution in [2.24, 2.45) is 5.41 Å². The quantitative estimate of drug-likeness (QED) is 0.501. The van der Waals surface area contributed by atoms with Crippen LogP contribution in [0.1, 0.15) is 67.3 Å². The minimum Gasteiger partial charge on any atom is -0.481 e. The molecule has 0 radical (unpaired) electrons. The van der Waals surface area contributed by atoms with Crippen molar-refractivity contribution in [1.29, 1.82) is 0 Å². The van der Waals surface area contributed by atoms with Crippen LogP contribution < -0.4 is 10.6 Å². The maximum atomic E-state index is 13.2. The first-order chi connectivity index (χ1) is 17.0. The fourth-order valence-electron chi connectivity index (χ4n) is 5.15. The number of hydrogen-bond donors (Lipinski definition) is 3. The summed E-state index contributed by atoms with van der Waals surface area (Å²) in [4.78, 5) is 45.1. The topological polar surface area (TPSA) is 121 Å². The smallest absolute Gasteiger partial charge is 0.390 e. The highest BCUT2D eigenvalue weighted by Crippen LogP contribution is 2.46. The molecule has 3 N–H and O–H groups in total. The number of carbonyl (C=O) groups excluding carboxylic acids is 2. The normalized spacial score (nSPS) is 20.5. The van der Waals surface area contributed by atoms with Crippen LogP contribution in [-0.4, -0.2) is 45.1 Å². The van der Waals surface area contributed by atoms with Gasteiger partial charge in [-0.15, -0.1) is 0 Å². The zero-order valence-electron chi connectivity index (χ0n) is 19.5. The average Bonchev–Trinajstić information content (AvgIpc) is 2.81. The summed E-state index contributed by atoms with van der Waals surface area (Å²) in [7, 11) is 0. The number of fused-ring (bicyclic) bond motifs is 1. The number of carbonyl (C=O) groups is 3. The molecule has 0 saturated heterocycles. The summed E-state index contributed by atoms with van der Waals surface area (Å²) in [6.07, 6.45) is 1.04. The van der Waals surface area contributed by atoms with Crippen LogP contribution >= 0.6 is 0 Å². The molecular weight excluding hydrogens is 477 g/mol. The second kappa shape index (κ2) is 10.2. The van der Waals surface area contributed by atoms with E-state index >= 15 is 0 Å². The number of Topliss-reactive ketones (excluding diaryl/α,β-unsaturated/α-hetero) is 1. The fourth-order valence-corrected chi connectivity index (χ4v) is 5.15. The van der Waals surface area contributed by atoms with E-state index in [1.165, 1.54) is 24.9 Å². The molecule has 2 aliphatic carbocycles. The van der Waals surface area contributed by atoms with Crippen LogP contribution in [0.4, 0.5) is 23.8 Å². The molecule has 2 aromatic rings. The van der Waals surface area contributed by atoms with Gasteiger partial charge in [-0.25, -0.2) is 9.78 Å². The van der Waals surface area contributed by atoms with Gasteiger partial charge in [0.15, 0.2) is 11.6 Å². The molecule has 1 heterocycles. The predicted molar refractivity (Wildman–Crippen MR) is 125 cm³/mol. The Morgan fingerprint density at radius 1 is 1.11 bits per heavy atom. The molecule has 1 fully saturated rings. The lowest BCUT2D eigenvalue weighted by Gasteiger charge is -2.36. The fraction of sp³-hybridized carbons (Fsp3) is 0.480. The van der Waals surface area contributed by atoms with E-state index in [0.29, 0.717) is 16.8 Å². The Bertz CT molecular complexity index is 1150. The monoisotopic (exact) mass is 504 g/mol. The van der Waals surface area contributed by atoms with Crippen molar-refractivity contribution in [2.45, 2.75) is 70.0 Å². The molecule has 1 aromatic heterocycles. The lowest BCUT2D eigenvalue weighted by Crippen LogP contribution is -2.41. The number of nitrogens with one attached hydrogen (secondary N) is 2. The lowest BCUT2D eigenvalue weighted by atomic mass is 9.66. The summed E-state index contributed by atoms with van der Waals surface area (Å²) in [5.41, 5.74) is -0.308. The highest BCUT2D eigenvalue weighted by molar-refractivity contribution is 6.04. The number of aliphatic carboxylic acids is 1. The van der Waals surface area contributed by atoms with Gasteiger partial charge in [-0.2, -0.15) is 13.2 Å². The third kappa shape index (κ3) is 6.00. The van der Waals surface area contributed by atoms with E-state index in [2.05, 4.69) is 20.6 Å². The molecule has 4 rings (SSSR count). The number of halogens is 3. The maximum absolute atomic E-state index is 13.2. The standard InChI is InChI=1S/C25H27F3N4O4/c26-25(27,28)14-24(11-21(33)34)9-8-15-10-16(6-7-18(15)22(24)35)19-12-30-20(13-29-19)32-23(36)31-17-4-2-1-3-5-17/h6-7,10,12-13,17H,1-5,8-9,11,14H2,(H,33,34)(H2,30,31,32,36). The first-order valence-corrected chi connectivity index (χ1v) is 11.9. The van der Waals surface area contributed by atoms with Crippen molar-refractivity contribution in [1.82, 2.24) is 15.3 Å². The Labute approximate surface area is 205 Å². The van der Waals surface area contributed by atoms with E-state index in [1.54, 1.807) is 12.1 Å². The van der Waals surface area contributed by atoms with Crippen LogP contribution in [0.15, 0.2) is 30.6 Å². The van der Waals surface area contributed by atoms with Gasteiger partial charge >= 0.3 is 18.2 Å². The number of benzene rings is 1. The van der Waals surface area contributed by atoms with Crippen molar-refractivity contribution in [3.8, 4) is 11.3 Å². The largest absolute Gasteiger partial charge is 0.481 e. The first kappa shape index (κ1) is 25.6. The number of hydrogen-bond acceptors (Lipinski definition) is 5. The molecule has 2 amide bonds. The third-order valence-electron chi connectivity index (χ3n) is 6.86. The molecule has 1 unspecified atom stereocenters. The summed E-state index contributed by atoms with van der Waals surface area (Å²) in [5.74, 6) is -1.97. The van der Waals surface area contributed by atoms with Gasteiger partial charge in [-0.1, -0.05) is 31.4 Å². The van der Waals surface area contributed by atoms with Gasteiger partial charge in [0.05, 0.1) is 36.3 Å². The molecule has 0 spiro atoms. The van der Waals surface area contributed by atoms with Crippen LogP contribution in [0.25, 0.3) is 11.3 Å². The highest BCUT2D eigenvalue weighted by Gasteiger charge is 2.51. The third-order valence-corrected chi connectivity index (χ3v) is 6.86. The molecule has 0 aliphatic heterocycles. The van der Waals surface area contributed by atoms with Gasteiger partial charge in [-0.3, -0.25) is 19.9 Å². The van der Waals surface area contributed by atoms with E-state index in [1.807, 2.05) is 0 Å². The number of carboxylic acids is 1. The molecule has 0 bridgehead atoms. The molecule has 1 atom stereocenters. The molecule has 2 aliphatic rings. The number of rotatable bonds is 6. The van der Waals surface area contributed by atoms with Crippen molar-refractivity contribution in [3.05, 3.63) is 41.7 Å². The van der Waals surface area contributed by atoms with Crippen molar-refractivity contribution in [2.75, 3.05) is 5.32 Å². The molecule has 1 saturated carbocycles. The summed E-state index contributed by atoms with van der Waals surface area (Å²) in [6, 6.07) is 4.44. The first-order valence-electron chi connectivity index (χ1n) is 11.9. The maximum Gasteiger partial charge on any atom is 0.390 e. The molecule has 36 heavy (non-hydrogen) atoms. The van der Waals surface area contributed by atoms with Gasteiger partial charge in [-0.05, 0) is 37.3 Å². The lowest BCUT2D eigenvalue weighted by molar-refractivity contribution is -0.160. The number of aryl methyl sites for hydroxylation is 1. The van der Waals surface area contributed by atoms with Crippen molar-refractivity contribution >= 4 is 23.6 Å². The van der Waals surface area contributed by atoms with E-state index < -0.39 is 36.2 Å². The van der Waals surface area contributed by atoms with Crippen LogP contribution in [0.5, 0.6) is 0 Å². The van der Waals surface area contributed by atoms with Gasteiger partial charge in [0.2, 0.25) is 0 Å². The van der Waals surface area contributed by atoms with Gasteiger partial charge in [0.25, 0.3) is 0 Å². The van der Waals surface area contributed by atoms with Crippen LogP contribution in [0.3, 0.4) is 0 Å². The summed E-state index contributed by atoms with van der Waals surface area (Å²) < 4.78 is 39.6. The van der Waals surface area contributed by atoms with E-state index in [4.69, 9.17) is 0 Å². The predicted octanol–water partition coefficient (Wildman–Crippen LogP) is 5.14. The zero-order chi connectivity index (χ0) is 25.9. The SMILES string of the molecule is O=C(O)CC1(CC(F)(F)F)CCc2cc(-c3cnc(NC(=O)NC4CCCCC4)cn3)ccc2C1=O. The summed E-state index contributed by atoms with van der Waals surface area (Å²) >= 11 is 0. The molecule has 1 aromatic carbocycles. The minimum atomic E-state index is -4.67. The number of amides is 2. The van der Waals surface area contributed by atoms with E-state index in [0.717, 1.165) is 25.7 Å². The number of alkyl halides is 3. The van der Waals surface area contributed by atoms with Gasteiger partial charge in [0, 0.05) is 17.2 Å². The van der Waals surface area contributed by atoms with Crippen LogP contribution in [-0.2, 0) is 11.2 Å². The minimum absolute atomic E-state index is 0.0983. The number of ketones is 1. The Kier molecular flexibility index (Phi) is 7.28. The number of urea groups is 1. The number of nitrogens with zero attached hydrogens (tertiary/aromatic N) is 2. The number of carboxylic acid groups (broad SMARTS) is 1. The Morgan fingerprint density at radius 2 is 1.86 bits per heavy atom. The molecular formula is C25H27F3N4O4. The van der Waals surface area contributed by atoms with Gasteiger partial charge in [0.1, 0.15) is 0 Å². The van der Waals surface area contributed by atoms with E-state index in [9.17, 15) is 32.7 Å². The second-order valence-corrected chi connectivity index (χ2v) is 9.56. The number of aromatic nitrogens is 2. The Morgan fingerprint density at radius 3 is 2.50 bits per heavy atom. The van der Waals surface area contributed by atoms with E-state index in [-0.39, 0.29) is 36.3 Å². The summed E-state index contributed by atoms with van der Waals surface area (Å²) in [5, 5.41) is 14.8. The van der Waals surface area contributed by atoms with Crippen molar-refractivity contribution in [3.63, 3.8) is 0 Å². The Balaban J connectivity index is 1.47. The van der Waals surface area contributed by atoms with Crippen molar-refractivity contribution < 1.29 is 32.7 Å². The Hall–Kier alpha value is -3.50. The molecule has 8 nitrogen and oxygen atoms in total. The van der Waals surface area contributed by atoms with Gasteiger partial charge < -0.3 is 10.4 Å².